The zero-order chi connectivity index (χ0) is 71.5. The van der Waals surface area contributed by atoms with E-state index in [2.05, 4.69) is 172 Å². The molecule has 2 atom stereocenters. The molecule has 0 spiro atoms. The largest absolute Gasteiger partial charge is 0.472 e. The molecule has 0 rings (SSSR count). The third-order valence-corrected chi connectivity index (χ3v) is 18.4. The van der Waals surface area contributed by atoms with E-state index in [9.17, 15) is 19.0 Å². The number of phosphoric ester groups is 1. The molecule has 566 valence electrons. The third kappa shape index (κ3) is 82.5. The van der Waals surface area contributed by atoms with Gasteiger partial charge >= 0.3 is 19.8 Å². The first kappa shape index (κ1) is 94.6. The van der Waals surface area contributed by atoms with Gasteiger partial charge < -0.3 is 20.1 Å². The summed E-state index contributed by atoms with van der Waals surface area (Å²) in [6, 6.07) is 0. The highest BCUT2D eigenvalue weighted by Gasteiger charge is 2.26. The Morgan fingerprint density at radius 1 is 0.313 bits per heavy atom. The minimum absolute atomic E-state index is 0.0397. The maximum Gasteiger partial charge on any atom is 0.472 e. The molecule has 0 bridgehead atoms. The lowest BCUT2D eigenvalue weighted by molar-refractivity contribution is -0.161. The Labute approximate surface area is 610 Å². The summed E-state index contributed by atoms with van der Waals surface area (Å²) in [4.78, 5) is 35.4. The lowest BCUT2D eigenvalue weighted by Gasteiger charge is -2.19. The summed E-state index contributed by atoms with van der Waals surface area (Å²) in [6.45, 7) is 3.60. The number of hydrogen-bond donors (Lipinski definition) is 2. The van der Waals surface area contributed by atoms with Crippen molar-refractivity contribution >= 4 is 19.8 Å². The van der Waals surface area contributed by atoms with Crippen LogP contribution in [-0.4, -0.2) is 49.3 Å². The van der Waals surface area contributed by atoms with Crippen molar-refractivity contribution < 1.29 is 37.6 Å². The molecule has 10 heteroatoms. The molecule has 0 aliphatic heterocycles. The first-order valence-corrected chi connectivity index (χ1v) is 42.5. The van der Waals surface area contributed by atoms with Crippen LogP contribution in [0.4, 0.5) is 0 Å². The van der Waals surface area contributed by atoms with Gasteiger partial charge in [-0.05, 0) is 128 Å². The Morgan fingerprint density at radius 3 is 0.859 bits per heavy atom. The van der Waals surface area contributed by atoms with Crippen LogP contribution in [0.1, 0.15) is 361 Å². The van der Waals surface area contributed by atoms with Crippen LogP contribution in [0.3, 0.4) is 0 Å². The van der Waals surface area contributed by atoms with Gasteiger partial charge in [-0.15, -0.1) is 0 Å². The van der Waals surface area contributed by atoms with Gasteiger partial charge in [0.15, 0.2) is 6.10 Å². The Balaban J connectivity index is 3.91. The van der Waals surface area contributed by atoms with E-state index in [0.29, 0.717) is 6.42 Å². The lowest BCUT2D eigenvalue weighted by Crippen LogP contribution is -2.29. The summed E-state index contributed by atoms with van der Waals surface area (Å²) < 4.78 is 33.2. The molecule has 0 heterocycles. The van der Waals surface area contributed by atoms with E-state index in [1.165, 1.54) is 218 Å². The van der Waals surface area contributed by atoms with Crippen molar-refractivity contribution in [2.45, 2.75) is 367 Å². The Bertz CT molecular complexity index is 2190. The van der Waals surface area contributed by atoms with Gasteiger partial charge in [-0.3, -0.25) is 18.6 Å². The van der Waals surface area contributed by atoms with Crippen LogP contribution in [0.15, 0.2) is 158 Å². The van der Waals surface area contributed by atoms with Crippen LogP contribution in [0.25, 0.3) is 0 Å². The second-order valence-electron chi connectivity index (χ2n) is 26.9. The van der Waals surface area contributed by atoms with Crippen LogP contribution >= 0.6 is 7.82 Å². The van der Waals surface area contributed by atoms with Gasteiger partial charge in [-0.1, -0.05) is 377 Å². The number of carbonyl (C=O) groups is 2. The number of esters is 2. The van der Waals surface area contributed by atoms with Crippen LogP contribution in [0, 0.1) is 0 Å². The fourth-order valence-corrected chi connectivity index (χ4v) is 12.1. The Kier molecular flexibility index (Phi) is 78.9. The number of rotatable bonds is 76. The van der Waals surface area contributed by atoms with E-state index in [1.54, 1.807) is 0 Å². The highest BCUT2D eigenvalue weighted by atomic mass is 31.2. The summed E-state index contributed by atoms with van der Waals surface area (Å²) in [6.07, 6.45) is 121. The molecule has 0 aliphatic carbocycles. The number of allylic oxidation sites excluding steroid dienone is 26. The molecule has 2 unspecified atom stereocenters. The summed E-state index contributed by atoms with van der Waals surface area (Å²) in [5, 5.41) is 0. The minimum atomic E-state index is -4.42. The Morgan fingerprint density at radius 2 is 0.556 bits per heavy atom. The molecule has 9 nitrogen and oxygen atoms in total. The lowest BCUT2D eigenvalue weighted by atomic mass is 10.0. The third-order valence-electron chi connectivity index (χ3n) is 17.4. The summed E-state index contributed by atoms with van der Waals surface area (Å²) in [5.41, 5.74) is 5.41. The molecule has 0 aromatic rings. The number of phosphoric acid groups is 1. The quantitative estimate of drug-likeness (QED) is 0.0264. The van der Waals surface area contributed by atoms with Gasteiger partial charge in [0, 0.05) is 19.4 Å². The molecule has 0 saturated heterocycles. The van der Waals surface area contributed by atoms with E-state index < -0.39 is 32.5 Å². The monoisotopic (exact) mass is 1390 g/mol. The van der Waals surface area contributed by atoms with Crippen LogP contribution < -0.4 is 5.73 Å². The maximum absolute atomic E-state index is 12.8. The van der Waals surface area contributed by atoms with E-state index in [1.807, 2.05) is 0 Å². The molecule has 0 fully saturated rings. The molecule has 0 aromatic carbocycles. The van der Waals surface area contributed by atoms with Gasteiger partial charge in [0.2, 0.25) is 0 Å². The van der Waals surface area contributed by atoms with Crippen molar-refractivity contribution in [3.8, 4) is 0 Å². The topological polar surface area (TPSA) is 134 Å². The van der Waals surface area contributed by atoms with Gasteiger partial charge in [0.25, 0.3) is 0 Å². The van der Waals surface area contributed by atoms with E-state index in [4.69, 9.17) is 24.3 Å². The van der Waals surface area contributed by atoms with Crippen LogP contribution in [0.5, 0.6) is 0 Å². The standard InChI is InChI=1S/C89H152NO8P/c1-3-5-7-9-11-13-15-17-19-21-23-25-27-29-31-33-35-37-39-41-43-45-47-49-51-53-55-57-59-61-63-65-67-69-71-73-75-77-79-81-88(91)95-85-87(86-97-99(93,94)96-84-83-90)98-89(92)82-80-78-76-74-72-70-68-66-64-62-60-58-56-54-52-50-48-46-44-42-40-38-36-34-32-30-28-26-24-22-20-18-16-14-12-10-8-6-4-2/h6,8,12,14,18,20-21,23-24,26,30,32,36,38,42,44,48,50,54,56,60,62,66,68,72,74,87H,3-5,7,9-11,13,15-17,19,22,25,27-29,31,33-35,37,39-41,43,45-47,49,51-53,55,57-59,61,63-65,67,69-71,73,75-86,90H2,1-2H3,(H,93,94)/b8-6-,14-12-,20-18-,23-21-,26-24-,32-30-,38-36-,44-42-,50-48-,56-54-,62-60-,68-66-,74-72-. The zero-order valence-electron chi connectivity index (χ0n) is 63.9. The first-order valence-electron chi connectivity index (χ1n) is 41.0. The molecular formula is C89H152NO8P. The van der Waals surface area contributed by atoms with E-state index in [0.717, 1.165) is 109 Å². The van der Waals surface area contributed by atoms with Gasteiger partial charge in [0.05, 0.1) is 13.2 Å². The predicted octanol–water partition coefficient (Wildman–Crippen LogP) is 27.9. The minimum Gasteiger partial charge on any atom is -0.462 e. The molecule has 3 N–H and O–H groups in total. The van der Waals surface area contributed by atoms with E-state index >= 15 is 0 Å². The number of unbranched alkanes of at least 4 members (excludes halogenated alkanes) is 37. The van der Waals surface area contributed by atoms with Gasteiger partial charge in [0.1, 0.15) is 6.61 Å². The molecule has 0 radical (unpaired) electrons. The fraction of sp³-hybridized carbons (Fsp3) is 0.685. The molecule has 0 amide bonds. The summed E-state index contributed by atoms with van der Waals surface area (Å²) in [7, 11) is -4.42. The van der Waals surface area contributed by atoms with Crippen molar-refractivity contribution in [1.29, 1.82) is 0 Å². The van der Waals surface area contributed by atoms with Gasteiger partial charge in [-0.25, -0.2) is 4.57 Å². The molecule has 0 aliphatic rings. The first-order chi connectivity index (χ1) is 48.8. The number of hydrogen-bond acceptors (Lipinski definition) is 8. The average Bonchev–Trinajstić information content (AvgIpc) is 1.35. The smallest absolute Gasteiger partial charge is 0.462 e. The van der Waals surface area contributed by atoms with Crippen molar-refractivity contribution in [2.75, 3.05) is 26.4 Å². The zero-order valence-corrected chi connectivity index (χ0v) is 64.8. The number of carbonyl (C=O) groups excluding carboxylic acids is 2. The molecular weight excluding hydrogens is 1240 g/mol. The van der Waals surface area contributed by atoms with Crippen molar-refractivity contribution in [2.24, 2.45) is 5.73 Å². The second kappa shape index (κ2) is 82.6. The summed E-state index contributed by atoms with van der Waals surface area (Å²) >= 11 is 0. The van der Waals surface area contributed by atoms with Crippen LogP contribution in [-0.2, 0) is 32.7 Å². The fourth-order valence-electron chi connectivity index (χ4n) is 11.4. The molecule has 99 heavy (non-hydrogen) atoms. The van der Waals surface area contributed by atoms with Crippen molar-refractivity contribution in [3.05, 3.63) is 158 Å². The average molecular weight is 1400 g/mol. The van der Waals surface area contributed by atoms with Gasteiger partial charge in [-0.2, -0.15) is 0 Å². The molecule has 0 aromatic heterocycles. The highest BCUT2D eigenvalue weighted by molar-refractivity contribution is 7.47. The predicted molar refractivity (Wildman–Crippen MR) is 431 cm³/mol. The maximum atomic E-state index is 12.8. The SMILES string of the molecule is CC/C=C\C/C=C\C/C=C\C/C=C\C/C=C\C/C=C\C/C=C\C/C=C\C/C=C\C/C=C\C/C=C\C/C=C\CCCCC(=O)OC(COC(=O)CCCCCCCCCCCCCCCCCCCCCCCCCCCCC/C=C\CCCCCCCCCC)COP(=O)(O)OCCN. The number of nitrogens with two attached hydrogens (primary N) is 1. The normalized spacial score (nSPS) is 13.7. The highest BCUT2D eigenvalue weighted by Crippen LogP contribution is 2.43. The Hall–Kier alpha value is -4.37. The van der Waals surface area contributed by atoms with Crippen molar-refractivity contribution in [1.82, 2.24) is 0 Å². The van der Waals surface area contributed by atoms with Crippen molar-refractivity contribution in [3.63, 3.8) is 0 Å². The summed E-state index contributed by atoms with van der Waals surface area (Å²) in [5.74, 6) is -0.877. The second-order valence-corrected chi connectivity index (χ2v) is 28.4. The van der Waals surface area contributed by atoms with E-state index in [-0.39, 0.29) is 32.6 Å². The molecule has 0 saturated carbocycles. The number of ether oxygens (including phenoxy) is 2. The van der Waals surface area contributed by atoms with Crippen LogP contribution in [0.2, 0.25) is 0 Å².